The van der Waals surface area contributed by atoms with E-state index in [0.29, 0.717) is 11.2 Å². The van der Waals surface area contributed by atoms with Gasteiger partial charge >= 0.3 is 5.76 Å². The van der Waals surface area contributed by atoms with Crippen molar-refractivity contribution in [3.8, 4) is 0 Å². The first-order chi connectivity index (χ1) is 10.1. The molecule has 0 aliphatic carbocycles. The summed E-state index contributed by atoms with van der Waals surface area (Å²) in [5, 5.41) is 2.50. The zero-order valence-electron chi connectivity index (χ0n) is 10.4. The third kappa shape index (κ3) is 2.41. The lowest BCUT2D eigenvalue weighted by Gasteiger charge is -2.08. The van der Waals surface area contributed by atoms with E-state index in [2.05, 4.69) is 10.3 Å². The highest BCUT2D eigenvalue weighted by atomic mass is 35.5. The van der Waals surface area contributed by atoms with Crippen molar-refractivity contribution in [1.29, 1.82) is 0 Å². The number of carbonyl (C=O) groups is 1. The number of amides is 1. The molecule has 0 aliphatic rings. The number of para-hydroxylation sites is 1. The smallest absolute Gasteiger partial charge is 0.408 e. The molecule has 0 spiro atoms. The van der Waals surface area contributed by atoms with E-state index in [1.807, 2.05) is 0 Å². The van der Waals surface area contributed by atoms with Gasteiger partial charge in [-0.05, 0) is 24.3 Å². The van der Waals surface area contributed by atoms with Crippen LogP contribution in [-0.4, -0.2) is 10.9 Å². The van der Waals surface area contributed by atoms with Gasteiger partial charge in [-0.1, -0.05) is 23.7 Å². The second kappa shape index (κ2) is 5.06. The SMILES string of the molecule is O=C(Nc1cccc2oc(=O)[nH]c12)c1c(F)cccc1Cl. The van der Waals surface area contributed by atoms with Crippen LogP contribution in [0.1, 0.15) is 10.4 Å². The maximum absolute atomic E-state index is 13.7. The van der Waals surface area contributed by atoms with Gasteiger partial charge in [0.25, 0.3) is 5.91 Å². The minimum atomic E-state index is -0.729. The lowest BCUT2D eigenvalue weighted by molar-refractivity contribution is 0.102. The van der Waals surface area contributed by atoms with Crippen LogP contribution in [0.15, 0.2) is 45.6 Å². The summed E-state index contributed by atoms with van der Waals surface area (Å²) in [7, 11) is 0. The summed E-state index contributed by atoms with van der Waals surface area (Å²) >= 11 is 5.84. The largest absolute Gasteiger partial charge is 0.417 e. The predicted octanol–water partition coefficient (Wildman–Crippen LogP) is 3.17. The molecule has 1 aromatic heterocycles. The highest BCUT2D eigenvalue weighted by Gasteiger charge is 2.17. The Hall–Kier alpha value is -2.60. The van der Waals surface area contributed by atoms with Crippen LogP contribution in [-0.2, 0) is 0 Å². The summed E-state index contributed by atoms with van der Waals surface area (Å²) in [5.74, 6) is -2.09. The number of hydrogen-bond acceptors (Lipinski definition) is 3. The van der Waals surface area contributed by atoms with Gasteiger partial charge < -0.3 is 9.73 Å². The average Bonchev–Trinajstić information content (AvgIpc) is 2.80. The van der Waals surface area contributed by atoms with Crippen LogP contribution in [0.5, 0.6) is 0 Å². The minimum Gasteiger partial charge on any atom is -0.408 e. The van der Waals surface area contributed by atoms with Crippen molar-refractivity contribution >= 4 is 34.3 Å². The van der Waals surface area contributed by atoms with Gasteiger partial charge in [-0.3, -0.25) is 9.78 Å². The molecule has 106 valence electrons. The Morgan fingerprint density at radius 2 is 2.00 bits per heavy atom. The van der Waals surface area contributed by atoms with E-state index in [9.17, 15) is 14.0 Å². The molecule has 3 aromatic rings. The number of anilines is 1. The number of fused-ring (bicyclic) bond motifs is 1. The lowest BCUT2D eigenvalue weighted by atomic mass is 10.2. The molecular formula is C14H8ClFN2O3. The Bertz CT molecular complexity index is 880. The quantitative estimate of drug-likeness (QED) is 0.763. The van der Waals surface area contributed by atoms with Gasteiger partial charge in [-0.15, -0.1) is 0 Å². The zero-order chi connectivity index (χ0) is 15.0. The lowest BCUT2D eigenvalue weighted by Crippen LogP contribution is -2.14. The van der Waals surface area contributed by atoms with E-state index < -0.39 is 17.5 Å². The molecule has 1 amide bonds. The predicted molar refractivity (Wildman–Crippen MR) is 76.2 cm³/mol. The maximum Gasteiger partial charge on any atom is 0.417 e. The molecule has 0 unspecified atom stereocenters. The fraction of sp³-hybridized carbons (Fsp3) is 0. The Balaban J connectivity index is 2.02. The van der Waals surface area contributed by atoms with Crippen molar-refractivity contribution < 1.29 is 13.6 Å². The van der Waals surface area contributed by atoms with E-state index in [1.165, 1.54) is 12.1 Å². The number of nitrogens with one attached hydrogen (secondary N) is 2. The fourth-order valence-electron chi connectivity index (χ4n) is 1.98. The highest BCUT2D eigenvalue weighted by molar-refractivity contribution is 6.34. The molecule has 3 rings (SSSR count). The standard InChI is InChI=1S/C14H8ClFN2O3/c15-7-3-1-4-8(16)11(7)13(19)17-9-5-2-6-10-12(9)18-14(20)21-10/h1-6H,(H,17,19)(H,18,20). The molecule has 2 N–H and O–H groups in total. The first kappa shape index (κ1) is 13.4. The highest BCUT2D eigenvalue weighted by Crippen LogP contribution is 2.24. The van der Waals surface area contributed by atoms with Crippen molar-refractivity contribution in [3.63, 3.8) is 0 Å². The average molecular weight is 307 g/mol. The van der Waals surface area contributed by atoms with E-state index in [-0.39, 0.29) is 16.2 Å². The third-order valence-electron chi connectivity index (χ3n) is 2.89. The van der Waals surface area contributed by atoms with Gasteiger partial charge in [0.1, 0.15) is 11.3 Å². The fourth-order valence-corrected chi connectivity index (χ4v) is 2.23. The van der Waals surface area contributed by atoms with Crippen LogP contribution >= 0.6 is 11.6 Å². The molecule has 0 radical (unpaired) electrons. The maximum atomic E-state index is 13.7. The molecule has 0 bridgehead atoms. The van der Waals surface area contributed by atoms with E-state index in [0.717, 1.165) is 6.07 Å². The second-order valence-corrected chi connectivity index (χ2v) is 4.65. The molecule has 0 aliphatic heterocycles. The van der Waals surface area contributed by atoms with Crippen LogP contribution in [0.3, 0.4) is 0 Å². The third-order valence-corrected chi connectivity index (χ3v) is 3.21. The monoisotopic (exact) mass is 306 g/mol. The van der Waals surface area contributed by atoms with Crippen molar-refractivity contribution in [2.24, 2.45) is 0 Å². The summed E-state index contributed by atoms with van der Waals surface area (Å²) in [5.41, 5.74) is 0.644. The summed E-state index contributed by atoms with van der Waals surface area (Å²) in [4.78, 5) is 25.8. The molecule has 0 saturated carbocycles. The molecule has 0 saturated heterocycles. The molecule has 5 nitrogen and oxygen atoms in total. The van der Waals surface area contributed by atoms with Crippen LogP contribution < -0.4 is 11.1 Å². The number of halogens is 2. The van der Waals surface area contributed by atoms with Gasteiger partial charge in [0.05, 0.1) is 16.3 Å². The normalized spacial score (nSPS) is 10.8. The molecule has 7 heteroatoms. The molecule has 0 atom stereocenters. The number of rotatable bonds is 2. The number of H-pyrrole nitrogens is 1. The second-order valence-electron chi connectivity index (χ2n) is 4.24. The zero-order valence-corrected chi connectivity index (χ0v) is 11.2. The van der Waals surface area contributed by atoms with Crippen LogP contribution in [0, 0.1) is 5.82 Å². The van der Waals surface area contributed by atoms with Crippen molar-refractivity contribution in [2.45, 2.75) is 0 Å². The van der Waals surface area contributed by atoms with Gasteiger partial charge in [-0.2, -0.15) is 0 Å². The van der Waals surface area contributed by atoms with Gasteiger partial charge in [0.15, 0.2) is 5.58 Å². The van der Waals surface area contributed by atoms with E-state index in [4.69, 9.17) is 16.0 Å². The van der Waals surface area contributed by atoms with Crippen molar-refractivity contribution in [1.82, 2.24) is 4.98 Å². The van der Waals surface area contributed by atoms with E-state index in [1.54, 1.807) is 18.2 Å². The number of benzene rings is 2. The van der Waals surface area contributed by atoms with Crippen molar-refractivity contribution in [2.75, 3.05) is 5.32 Å². The van der Waals surface area contributed by atoms with E-state index >= 15 is 0 Å². The Labute approximate surface area is 122 Å². The number of aromatic nitrogens is 1. The Kier molecular flexibility index (Phi) is 3.23. The first-order valence-corrected chi connectivity index (χ1v) is 6.31. The summed E-state index contributed by atoms with van der Waals surface area (Å²) in [6.45, 7) is 0. The minimum absolute atomic E-state index is 0.000335. The van der Waals surface area contributed by atoms with Crippen molar-refractivity contribution in [3.05, 3.63) is 63.4 Å². The van der Waals surface area contributed by atoms with Crippen LogP contribution in [0.2, 0.25) is 5.02 Å². The molecule has 1 heterocycles. The number of aromatic amines is 1. The molecule has 2 aromatic carbocycles. The van der Waals surface area contributed by atoms with Gasteiger partial charge in [0, 0.05) is 0 Å². The topological polar surface area (TPSA) is 75.1 Å². The number of hydrogen-bond donors (Lipinski definition) is 2. The van der Waals surface area contributed by atoms with Gasteiger partial charge in [0.2, 0.25) is 0 Å². The summed E-state index contributed by atoms with van der Waals surface area (Å²) in [6.07, 6.45) is 0. The summed E-state index contributed by atoms with van der Waals surface area (Å²) in [6, 6.07) is 8.68. The Morgan fingerprint density at radius 3 is 2.76 bits per heavy atom. The van der Waals surface area contributed by atoms with Crippen LogP contribution in [0.4, 0.5) is 10.1 Å². The molecule has 0 fully saturated rings. The first-order valence-electron chi connectivity index (χ1n) is 5.93. The van der Waals surface area contributed by atoms with Crippen LogP contribution in [0.25, 0.3) is 11.1 Å². The number of oxazole rings is 1. The summed E-state index contributed by atoms with van der Waals surface area (Å²) < 4.78 is 18.6. The number of carbonyl (C=O) groups excluding carboxylic acids is 1. The molecular weight excluding hydrogens is 299 g/mol. The Morgan fingerprint density at radius 1 is 1.24 bits per heavy atom. The van der Waals surface area contributed by atoms with Gasteiger partial charge in [-0.25, -0.2) is 9.18 Å². The molecule has 21 heavy (non-hydrogen) atoms.